The van der Waals surface area contributed by atoms with E-state index in [0.29, 0.717) is 43.1 Å². The number of carbonyl (C=O) groups is 2. The van der Waals surface area contributed by atoms with Gasteiger partial charge in [0.05, 0.1) is 13.2 Å². The van der Waals surface area contributed by atoms with Gasteiger partial charge in [-0.15, -0.1) is 0 Å². The highest BCUT2D eigenvalue weighted by Crippen LogP contribution is 2.29. The van der Waals surface area contributed by atoms with Crippen molar-refractivity contribution in [3.8, 4) is 0 Å². The molecule has 0 aliphatic heterocycles. The third kappa shape index (κ3) is 6.55. The predicted molar refractivity (Wildman–Crippen MR) is 77.1 cm³/mol. The van der Waals surface area contributed by atoms with Crippen LogP contribution in [0, 0.1) is 5.92 Å². The molecule has 0 aromatic heterocycles. The lowest BCUT2D eigenvalue weighted by Gasteiger charge is -2.05. The number of esters is 2. The van der Waals surface area contributed by atoms with Crippen molar-refractivity contribution in [2.45, 2.75) is 46.5 Å². The Hall–Kier alpha value is -1.58. The van der Waals surface area contributed by atoms with Crippen LogP contribution >= 0.6 is 0 Å². The van der Waals surface area contributed by atoms with Gasteiger partial charge in [-0.25, -0.2) is 9.59 Å². The van der Waals surface area contributed by atoms with E-state index in [0.717, 1.165) is 0 Å². The lowest BCUT2D eigenvalue weighted by molar-refractivity contribution is -0.140. The van der Waals surface area contributed by atoms with Crippen LogP contribution in [0.3, 0.4) is 0 Å². The zero-order valence-corrected chi connectivity index (χ0v) is 12.6. The fraction of sp³-hybridized carbons (Fsp3) is 0.625. The molecule has 0 spiro atoms. The minimum absolute atomic E-state index is 0.237. The lowest BCUT2D eigenvalue weighted by atomic mass is 10.2. The van der Waals surface area contributed by atoms with E-state index in [1.807, 2.05) is 6.08 Å². The van der Waals surface area contributed by atoms with Crippen molar-refractivity contribution in [1.82, 2.24) is 0 Å². The van der Waals surface area contributed by atoms with Gasteiger partial charge in [0, 0.05) is 11.1 Å². The molecule has 0 amide bonds. The average molecular weight is 280 g/mol. The van der Waals surface area contributed by atoms with E-state index in [1.165, 1.54) is 12.8 Å². The summed E-state index contributed by atoms with van der Waals surface area (Å²) in [5, 5.41) is 0. The van der Waals surface area contributed by atoms with Crippen LogP contribution in [0.2, 0.25) is 0 Å². The van der Waals surface area contributed by atoms with Gasteiger partial charge in [0.2, 0.25) is 0 Å². The third-order valence-corrected chi connectivity index (χ3v) is 3.26. The summed E-state index contributed by atoms with van der Waals surface area (Å²) in [4.78, 5) is 22.9. The molecule has 0 radical (unpaired) electrons. The van der Waals surface area contributed by atoms with Crippen LogP contribution in [0.5, 0.6) is 0 Å². The van der Waals surface area contributed by atoms with E-state index >= 15 is 0 Å². The minimum Gasteiger partial charge on any atom is -0.462 e. The van der Waals surface area contributed by atoms with Gasteiger partial charge in [-0.2, -0.15) is 0 Å². The Bertz CT molecular complexity index is 403. The fourth-order valence-corrected chi connectivity index (χ4v) is 1.47. The molecule has 112 valence electrons. The fourth-order valence-electron chi connectivity index (χ4n) is 1.47. The molecule has 0 N–H and O–H groups in total. The number of unbranched alkanes of at least 4 members (excludes halogenated alkanes) is 1. The van der Waals surface area contributed by atoms with Gasteiger partial charge >= 0.3 is 11.9 Å². The highest BCUT2D eigenvalue weighted by atomic mass is 16.5. The quantitative estimate of drug-likeness (QED) is 0.389. The third-order valence-electron chi connectivity index (χ3n) is 3.26. The summed E-state index contributed by atoms with van der Waals surface area (Å²) in [5.41, 5.74) is 1.24. The summed E-state index contributed by atoms with van der Waals surface area (Å²) in [5.74, 6) is 0.0664. The van der Waals surface area contributed by atoms with E-state index < -0.39 is 0 Å². The first-order valence-corrected chi connectivity index (χ1v) is 7.18. The van der Waals surface area contributed by atoms with E-state index in [1.54, 1.807) is 26.8 Å². The normalized spacial score (nSPS) is 15.9. The Morgan fingerprint density at radius 2 is 1.75 bits per heavy atom. The van der Waals surface area contributed by atoms with Crippen LogP contribution in [0.15, 0.2) is 23.3 Å². The van der Waals surface area contributed by atoms with Crippen LogP contribution in [0.4, 0.5) is 0 Å². The number of ether oxygens (including phenoxy) is 2. The monoisotopic (exact) mass is 280 g/mol. The number of hydrogen-bond donors (Lipinski definition) is 0. The summed E-state index contributed by atoms with van der Waals surface area (Å²) >= 11 is 0. The Kier molecular flexibility index (Phi) is 7.05. The SMILES string of the molecule is C/C=C(\C)C(=O)OCCC/C=C(\C)C(=O)OCC1CC1. The molecule has 1 aliphatic rings. The van der Waals surface area contributed by atoms with Crippen molar-refractivity contribution in [2.24, 2.45) is 5.92 Å². The Morgan fingerprint density at radius 1 is 1.10 bits per heavy atom. The second kappa shape index (κ2) is 8.56. The Balaban J connectivity index is 2.12. The van der Waals surface area contributed by atoms with Crippen molar-refractivity contribution in [3.05, 3.63) is 23.3 Å². The first kappa shape index (κ1) is 16.5. The zero-order valence-electron chi connectivity index (χ0n) is 12.6. The maximum absolute atomic E-state index is 11.6. The molecule has 0 aromatic rings. The second-order valence-electron chi connectivity index (χ2n) is 5.18. The molecule has 0 aromatic carbocycles. The summed E-state index contributed by atoms with van der Waals surface area (Å²) in [6.45, 7) is 6.19. The summed E-state index contributed by atoms with van der Waals surface area (Å²) in [6, 6.07) is 0. The molecule has 0 unspecified atom stereocenters. The van der Waals surface area contributed by atoms with Gasteiger partial charge in [0.1, 0.15) is 0 Å². The van der Waals surface area contributed by atoms with Gasteiger partial charge in [0.15, 0.2) is 0 Å². The summed E-state index contributed by atoms with van der Waals surface area (Å²) < 4.78 is 10.2. The van der Waals surface area contributed by atoms with Crippen LogP contribution in [0.25, 0.3) is 0 Å². The molecule has 0 saturated heterocycles. The van der Waals surface area contributed by atoms with Gasteiger partial charge in [-0.1, -0.05) is 12.2 Å². The molecule has 1 saturated carbocycles. The molecule has 4 nitrogen and oxygen atoms in total. The van der Waals surface area contributed by atoms with Gasteiger partial charge < -0.3 is 9.47 Å². The van der Waals surface area contributed by atoms with Crippen molar-refractivity contribution < 1.29 is 19.1 Å². The van der Waals surface area contributed by atoms with Crippen LogP contribution < -0.4 is 0 Å². The predicted octanol–water partition coefficient (Wildman–Crippen LogP) is 3.18. The minimum atomic E-state index is -0.281. The molecular formula is C16H24O4. The van der Waals surface area contributed by atoms with Crippen LogP contribution in [0.1, 0.15) is 46.5 Å². The maximum Gasteiger partial charge on any atom is 0.333 e. The number of hydrogen-bond acceptors (Lipinski definition) is 4. The second-order valence-corrected chi connectivity index (χ2v) is 5.18. The number of allylic oxidation sites excluding steroid dienone is 2. The highest BCUT2D eigenvalue weighted by Gasteiger charge is 2.23. The summed E-state index contributed by atoms with van der Waals surface area (Å²) in [7, 11) is 0. The van der Waals surface area contributed by atoms with Gasteiger partial charge in [0.25, 0.3) is 0 Å². The van der Waals surface area contributed by atoms with Crippen molar-refractivity contribution in [2.75, 3.05) is 13.2 Å². The number of carbonyl (C=O) groups excluding carboxylic acids is 2. The lowest BCUT2D eigenvalue weighted by Crippen LogP contribution is -2.08. The molecule has 0 heterocycles. The molecule has 0 bridgehead atoms. The van der Waals surface area contributed by atoms with E-state index in [-0.39, 0.29) is 11.9 Å². The van der Waals surface area contributed by atoms with E-state index in [4.69, 9.17) is 9.47 Å². The molecule has 1 rings (SSSR count). The van der Waals surface area contributed by atoms with Crippen LogP contribution in [-0.4, -0.2) is 25.2 Å². The maximum atomic E-state index is 11.6. The van der Waals surface area contributed by atoms with Gasteiger partial charge in [-0.05, 0) is 52.4 Å². The van der Waals surface area contributed by atoms with Crippen LogP contribution in [-0.2, 0) is 19.1 Å². The zero-order chi connectivity index (χ0) is 15.0. The first-order valence-electron chi connectivity index (χ1n) is 7.18. The first-order chi connectivity index (χ1) is 9.54. The van der Waals surface area contributed by atoms with Gasteiger partial charge in [-0.3, -0.25) is 0 Å². The molecular weight excluding hydrogens is 256 g/mol. The molecule has 20 heavy (non-hydrogen) atoms. The van der Waals surface area contributed by atoms with E-state index in [9.17, 15) is 9.59 Å². The van der Waals surface area contributed by atoms with Crippen molar-refractivity contribution in [1.29, 1.82) is 0 Å². The average Bonchev–Trinajstić information content (AvgIpc) is 3.26. The largest absolute Gasteiger partial charge is 0.462 e. The molecule has 1 fully saturated rings. The van der Waals surface area contributed by atoms with Crippen molar-refractivity contribution >= 4 is 11.9 Å². The Labute approximate surface area is 120 Å². The standard InChI is InChI=1S/C16H24O4/c1-4-12(2)15(17)19-10-6-5-7-13(3)16(18)20-11-14-8-9-14/h4,7,14H,5-6,8-11H2,1-3H3/b12-4+,13-7+. The van der Waals surface area contributed by atoms with E-state index in [2.05, 4.69) is 0 Å². The molecule has 4 heteroatoms. The van der Waals surface area contributed by atoms with Crippen molar-refractivity contribution in [3.63, 3.8) is 0 Å². The highest BCUT2D eigenvalue weighted by molar-refractivity contribution is 5.88. The number of rotatable bonds is 8. The smallest absolute Gasteiger partial charge is 0.333 e. The topological polar surface area (TPSA) is 52.6 Å². The Morgan fingerprint density at radius 3 is 2.35 bits per heavy atom. The molecule has 0 atom stereocenters. The summed E-state index contributed by atoms with van der Waals surface area (Å²) in [6.07, 6.45) is 7.32. The molecule has 1 aliphatic carbocycles.